The van der Waals surface area contributed by atoms with Gasteiger partial charge < -0.3 is 38.7 Å². The van der Waals surface area contributed by atoms with Gasteiger partial charge in [-0.25, -0.2) is 0 Å². The van der Waals surface area contributed by atoms with Gasteiger partial charge in [0.2, 0.25) is 11.2 Å². The molecule has 0 saturated carbocycles. The van der Waals surface area contributed by atoms with Crippen LogP contribution in [0.1, 0.15) is 13.8 Å². The van der Waals surface area contributed by atoms with E-state index in [4.69, 9.17) is 34.2 Å². The van der Waals surface area contributed by atoms with Crippen molar-refractivity contribution in [3.8, 4) is 34.3 Å². The van der Waals surface area contributed by atoms with Crippen LogP contribution in [0, 0.1) is 0 Å². The van der Waals surface area contributed by atoms with Crippen LogP contribution in [0.2, 0.25) is 0 Å². The summed E-state index contributed by atoms with van der Waals surface area (Å²) in [5, 5.41) is 0. The maximum absolute atomic E-state index is 12.5. The largest absolute Gasteiger partial charge is 0.493 e. The lowest BCUT2D eigenvalue weighted by molar-refractivity contribution is -0.143. The van der Waals surface area contributed by atoms with E-state index >= 15 is 0 Å². The molecule has 30 heavy (non-hydrogen) atoms. The zero-order chi connectivity index (χ0) is 22.3. The number of aromatic nitrogens is 1. The Morgan fingerprint density at radius 3 is 2.00 bits per heavy atom. The summed E-state index contributed by atoms with van der Waals surface area (Å²) in [6.07, 6.45) is 1.08. The molecule has 9 nitrogen and oxygen atoms in total. The summed E-state index contributed by atoms with van der Waals surface area (Å²) in [5.41, 5.74) is 7.47. The molecule has 0 amide bonds. The van der Waals surface area contributed by atoms with Crippen molar-refractivity contribution in [2.75, 3.05) is 47.4 Å². The molecule has 0 aliphatic heterocycles. The highest BCUT2D eigenvalue weighted by Crippen LogP contribution is 2.47. The van der Waals surface area contributed by atoms with E-state index in [1.54, 1.807) is 16.8 Å². The van der Waals surface area contributed by atoms with Gasteiger partial charge in [0.25, 0.3) is 0 Å². The van der Waals surface area contributed by atoms with Gasteiger partial charge in [0.15, 0.2) is 23.5 Å². The summed E-state index contributed by atoms with van der Waals surface area (Å²) >= 11 is 0. The molecule has 1 aromatic heterocycles. The second kappa shape index (κ2) is 10.7. The molecule has 2 N–H and O–H groups in total. The first kappa shape index (κ1) is 23.4. The average Bonchev–Trinajstić information content (AvgIpc) is 2.74. The molecule has 0 aliphatic carbocycles. The van der Waals surface area contributed by atoms with Gasteiger partial charge in [-0.1, -0.05) is 0 Å². The van der Waals surface area contributed by atoms with Crippen molar-refractivity contribution < 1.29 is 28.4 Å². The first-order chi connectivity index (χ1) is 14.4. The second-order valence-electron chi connectivity index (χ2n) is 6.19. The van der Waals surface area contributed by atoms with E-state index in [0.29, 0.717) is 54.0 Å². The first-order valence-corrected chi connectivity index (χ1v) is 9.55. The van der Waals surface area contributed by atoms with Gasteiger partial charge in [0, 0.05) is 24.8 Å². The Morgan fingerprint density at radius 2 is 1.50 bits per heavy atom. The number of benzene rings is 1. The molecule has 1 heterocycles. The highest BCUT2D eigenvalue weighted by molar-refractivity contribution is 5.84. The fourth-order valence-corrected chi connectivity index (χ4v) is 3.17. The van der Waals surface area contributed by atoms with Gasteiger partial charge in [0.05, 0.1) is 52.6 Å². The Labute approximate surface area is 176 Å². The summed E-state index contributed by atoms with van der Waals surface area (Å²) in [5.74, 6) is 1.29. The number of nitrogens with zero attached hydrogens (tertiary/aromatic N) is 1. The third kappa shape index (κ3) is 4.80. The zero-order valence-corrected chi connectivity index (χ0v) is 18.3. The fourth-order valence-electron chi connectivity index (χ4n) is 3.17. The van der Waals surface area contributed by atoms with E-state index in [0.717, 1.165) is 0 Å². The molecule has 166 valence electrons. The molecular formula is C21H30N2O7. The van der Waals surface area contributed by atoms with Crippen molar-refractivity contribution in [2.24, 2.45) is 0 Å². The summed E-state index contributed by atoms with van der Waals surface area (Å²) in [7, 11) is 5.94. The molecule has 0 aliphatic rings. The van der Waals surface area contributed by atoms with Crippen molar-refractivity contribution in [2.45, 2.75) is 26.7 Å². The van der Waals surface area contributed by atoms with Gasteiger partial charge in [-0.3, -0.25) is 4.79 Å². The van der Waals surface area contributed by atoms with Crippen LogP contribution in [-0.4, -0.2) is 52.5 Å². The summed E-state index contributed by atoms with van der Waals surface area (Å²) in [4.78, 5) is 12.5. The number of hydrogen-bond donors (Lipinski definition) is 1. The number of hydrogen-bond acceptors (Lipinski definition) is 8. The first-order valence-electron chi connectivity index (χ1n) is 9.55. The molecule has 0 radical (unpaired) electrons. The van der Waals surface area contributed by atoms with Crippen LogP contribution in [-0.2, 0) is 16.0 Å². The van der Waals surface area contributed by atoms with Gasteiger partial charge in [-0.05, 0) is 19.9 Å². The Balaban J connectivity index is 2.74. The maximum atomic E-state index is 12.5. The lowest BCUT2D eigenvalue weighted by Crippen LogP contribution is -2.25. The molecule has 2 aromatic rings. The molecule has 0 spiro atoms. The maximum Gasteiger partial charge on any atom is 0.223 e. The summed E-state index contributed by atoms with van der Waals surface area (Å²) < 4.78 is 34.7. The minimum atomic E-state index is -0.519. The quantitative estimate of drug-likeness (QED) is 0.435. The van der Waals surface area contributed by atoms with Gasteiger partial charge >= 0.3 is 0 Å². The number of methoxy groups -OCH3 is 4. The van der Waals surface area contributed by atoms with Gasteiger partial charge in [-0.15, -0.1) is 0 Å². The Morgan fingerprint density at radius 1 is 0.900 bits per heavy atom. The minimum Gasteiger partial charge on any atom is -0.493 e. The predicted octanol–water partition coefficient (Wildman–Crippen LogP) is 2.53. The van der Waals surface area contributed by atoms with E-state index in [1.165, 1.54) is 34.5 Å². The van der Waals surface area contributed by atoms with E-state index in [1.807, 2.05) is 13.8 Å². The number of pyridine rings is 1. The van der Waals surface area contributed by atoms with Crippen LogP contribution in [0.4, 0.5) is 5.69 Å². The lowest BCUT2D eigenvalue weighted by Gasteiger charge is -2.23. The van der Waals surface area contributed by atoms with Crippen molar-refractivity contribution in [1.29, 1.82) is 0 Å². The van der Waals surface area contributed by atoms with Gasteiger partial charge in [0.1, 0.15) is 0 Å². The highest BCUT2D eigenvalue weighted by atomic mass is 16.7. The lowest BCUT2D eigenvalue weighted by atomic mass is 10.1. The normalized spacial score (nSPS) is 10.9. The zero-order valence-electron chi connectivity index (χ0n) is 18.3. The number of nitrogen functional groups attached to an aromatic ring is 1. The molecule has 1 aromatic carbocycles. The number of ether oxygens (including phenoxy) is 6. The molecule has 0 atom stereocenters. The number of anilines is 1. The molecule has 0 bridgehead atoms. The standard InChI is InChI=1S/C21H30N2O7/c1-7-29-18(30-8-2)12-23-11-17(26-4)15(24)10-14(23)13-9-16(25-3)20(27-5)21(28-6)19(13)22/h9-11,18H,7-8,12,22H2,1-6H3. The monoisotopic (exact) mass is 422 g/mol. The summed E-state index contributed by atoms with van der Waals surface area (Å²) in [6.45, 7) is 5.03. The predicted molar refractivity (Wildman–Crippen MR) is 114 cm³/mol. The van der Waals surface area contributed by atoms with Crippen LogP contribution in [0.3, 0.4) is 0 Å². The van der Waals surface area contributed by atoms with E-state index in [2.05, 4.69) is 0 Å². The molecule has 0 unspecified atom stereocenters. The van der Waals surface area contributed by atoms with Crippen molar-refractivity contribution in [3.63, 3.8) is 0 Å². The number of nitrogens with two attached hydrogens (primary N) is 1. The average molecular weight is 422 g/mol. The topological polar surface area (TPSA) is 103 Å². The van der Waals surface area contributed by atoms with Crippen LogP contribution < -0.4 is 30.1 Å². The van der Waals surface area contributed by atoms with Crippen LogP contribution in [0.5, 0.6) is 23.0 Å². The Kier molecular flexibility index (Phi) is 8.37. The van der Waals surface area contributed by atoms with E-state index in [9.17, 15) is 4.79 Å². The molecule has 0 fully saturated rings. The smallest absolute Gasteiger partial charge is 0.223 e. The van der Waals surface area contributed by atoms with Crippen LogP contribution in [0.25, 0.3) is 11.3 Å². The Bertz CT molecular complexity index is 905. The minimum absolute atomic E-state index is 0.191. The number of rotatable bonds is 11. The second-order valence-corrected chi connectivity index (χ2v) is 6.19. The Hall–Kier alpha value is -2.91. The molecule has 0 saturated heterocycles. The van der Waals surface area contributed by atoms with Crippen LogP contribution in [0.15, 0.2) is 23.1 Å². The molecule has 2 rings (SSSR count). The third-order valence-electron chi connectivity index (χ3n) is 4.51. The summed E-state index contributed by atoms with van der Waals surface area (Å²) in [6, 6.07) is 3.15. The van der Waals surface area contributed by atoms with Crippen LogP contribution >= 0.6 is 0 Å². The van der Waals surface area contributed by atoms with Crippen molar-refractivity contribution >= 4 is 5.69 Å². The van der Waals surface area contributed by atoms with Gasteiger partial charge in [-0.2, -0.15) is 0 Å². The SMILES string of the molecule is CCOC(Cn1cc(OC)c(=O)cc1-c1cc(OC)c(OC)c(OC)c1N)OCC. The van der Waals surface area contributed by atoms with E-state index in [-0.39, 0.29) is 11.2 Å². The fraction of sp³-hybridized carbons (Fsp3) is 0.476. The van der Waals surface area contributed by atoms with E-state index < -0.39 is 6.29 Å². The van der Waals surface area contributed by atoms with Crippen molar-refractivity contribution in [1.82, 2.24) is 4.57 Å². The molecule has 9 heteroatoms. The third-order valence-corrected chi connectivity index (χ3v) is 4.51. The highest BCUT2D eigenvalue weighted by Gasteiger charge is 2.23. The molecular weight excluding hydrogens is 392 g/mol. The van der Waals surface area contributed by atoms with Crippen molar-refractivity contribution in [3.05, 3.63) is 28.6 Å².